The number of nitrogens with zero attached hydrogens (tertiary/aromatic N) is 2. The van der Waals surface area contributed by atoms with Gasteiger partial charge in [-0.1, -0.05) is 60.4 Å². The van der Waals surface area contributed by atoms with E-state index in [1.165, 1.54) is 0 Å². The van der Waals surface area contributed by atoms with E-state index >= 15 is 0 Å². The number of carbonyl (C=O) groups excluding carboxylic acids is 1. The first-order valence-electron chi connectivity index (χ1n) is 9.28. The smallest absolute Gasteiger partial charge is 0.224 e. The number of amides is 1. The number of aryl methyl sites for hydroxylation is 1. The molecule has 0 aliphatic carbocycles. The minimum absolute atomic E-state index is 0. The van der Waals surface area contributed by atoms with Gasteiger partial charge in [-0.2, -0.15) is 0 Å². The molecule has 2 aromatic rings. The van der Waals surface area contributed by atoms with E-state index in [2.05, 4.69) is 34.4 Å². The van der Waals surface area contributed by atoms with E-state index in [1.807, 2.05) is 44.2 Å². The van der Waals surface area contributed by atoms with Crippen LogP contribution in [0, 0.1) is 6.92 Å². The van der Waals surface area contributed by atoms with Gasteiger partial charge in [-0.3, -0.25) is 9.78 Å². The molecule has 2 heterocycles. The lowest BCUT2D eigenvalue weighted by molar-refractivity contribution is -0.115. The van der Waals surface area contributed by atoms with Crippen LogP contribution in [0.15, 0.2) is 42.6 Å². The number of allylic oxidation sites excluding steroid dienone is 1. The zero-order chi connectivity index (χ0) is 18.8. The number of para-hydroxylation sites is 1. The minimum Gasteiger partial charge on any atom is -0.378 e. The molecule has 5 heteroatoms. The molecule has 29 heavy (non-hydrogen) atoms. The second-order valence-corrected chi connectivity index (χ2v) is 6.17. The third-order valence-corrected chi connectivity index (χ3v) is 4.04. The van der Waals surface area contributed by atoms with E-state index in [0.29, 0.717) is 6.42 Å². The van der Waals surface area contributed by atoms with Gasteiger partial charge in [0, 0.05) is 30.6 Å². The first-order valence-corrected chi connectivity index (χ1v) is 9.28. The van der Waals surface area contributed by atoms with Gasteiger partial charge in [-0.05, 0) is 31.7 Å². The van der Waals surface area contributed by atoms with Crippen molar-refractivity contribution in [3.05, 3.63) is 48.3 Å². The maximum absolute atomic E-state index is 11.4. The van der Waals surface area contributed by atoms with Crippen LogP contribution in [0.3, 0.4) is 0 Å². The largest absolute Gasteiger partial charge is 0.378 e. The molecule has 0 bridgehead atoms. The number of nitrogens with one attached hydrogen (secondary N) is 1. The van der Waals surface area contributed by atoms with E-state index in [1.54, 1.807) is 0 Å². The third-order valence-electron chi connectivity index (χ3n) is 4.04. The van der Waals surface area contributed by atoms with Gasteiger partial charge < -0.3 is 15.0 Å². The zero-order valence-corrected chi connectivity index (χ0v) is 16.0. The monoisotopic (exact) mass is 403 g/mol. The van der Waals surface area contributed by atoms with Gasteiger partial charge in [0.25, 0.3) is 0 Å². The SMILES string of the molecule is C.C.C.CCC(=O)Nc1cc(C)nc2ccccc12.CCC=CN1CCOCC1. The minimum atomic E-state index is 0. The fraction of sp³-hybridized carbons (Fsp3) is 0.500. The summed E-state index contributed by atoms with van der Waals surface area (Å²) in [5.41, 5.74) is 2.66. The van der Waals surface area contributed by atoms with Crippen LogP contribution < -0.4 is 5.32 Å². The van der Waals surface area contributed by atoms with Gasteiger partial charge in [-0.15, -0.1) is 0 Å². The Morgan fingerprint density at radius 1 is 1.17 bits per heavy atom. The number of anilines is 1. The molecule has 0 radical (unpaired) electrons. The van der Waals surface area contributed by atoms with Crippen LogP contribution in [-0.2, 0) is 9.53 Å². The number of fused-ring (bicyclic) bond motifs is 1. The molecule has 0 atom stereocenters. The normalized spacial score (nSPS) is 12.7. The molecule has 1 amide bonds. The lowest BCUT2D eigenvalue weighted by atomic mass is 10.1. The Morgan fingerprint density at radius 3 is 2.45 bits per heavy atom. The second kappa shape index (κ2) is 15.5. The summed E-state index contributed by atoms with van der Waals surface area (Å²) in [4.78, 5) is 18.1. The quantitative estimate of drug-likeness (QED) is 0.676. The van der Waals surface area contributed by atoms with Crippen molar-refractivity contribution in [1.82, 2.24) is 9.88 Å². The number of carbonyl (C=O) groups is 1. The van der Waals surface area contributed by atoms with Crippen LogP contribution in [0.25, 0.3) is 10.9 Å². The number of aromatic nitrogens is 1. The Hall–Kier alpha value is -2.40. The molecular formula is C24H41N3O2. The molecule has 0 saturated carbocycles. The Kier molecular flexibility index (Phi) is 15.4. The summed E-state index contributed by atoms with van der Waals surface area (Å²) in [5, 5.41) is 3.88. The van der Waals surface area contributed by atoms with Crippen LogP contribution in [0.4, 0.5) is 5.69 Å². The molecule has 1 saturated heterocycles. The number of rotatable bonds is 4. The van der Waals surface area contributed by atoms with Crippen molar-refractivity contribution >= 4 is 22.5 Å². The van der Waals surface area contributed by atoms with Gasteiger partial charge >= 0.3 is 0 Å². The first-order chi connectivity index (χ1) is 12.6. The highest BCUT2D eigenvalue weighted by Crippen LogP contribution is 2.22. The molecule has 1 aromatic carbocycles. The van der Waals surface area contributed by atoms with Crippen LogP contribution in [0.2, 0.25) is 0 Å². The number of ether oxygens (including phenoxy) is 1. The number of hydrogen-bond acceptors (Lipinski definition) is 4. The standard InChI is InChI=1S/C13H14N2O.C8H15NO.3CH4/c1-3-13(16)15-12-8-9(2)14-11-7-5-4-6-10(11)12;1-2-3-4-9-5-7-10-8-6-9;;;/h4-8H,3H2,1-2H3,(H,14,15,16);3-4H,2,5-8H2,1H3;3*1H4. The highest BCUT2D eigenvalue weighted by atomic mass is 16.5. The predicted molar refractivity (Wildman–Crippen MR) is 127 cm³/mol. The summed E-state index contributed by atoms with van der Waals surface area (Å²) in [6.45, 7) is 9.78. The molecule has 1 N–H and O–H groups in total. The van der Waals surface area contributed by atoms with Gasteiger partial charge in [0.05, 0.1) is 24.4 Å². The van der Waals surface area contributed by atoms with Crippen molar-refractivity contribution in [2.24, 2.45) is 0 Å². The predicted octanol–water partition coefficient (Wildman–Crippen LogP) is 6.04. The molecule has 1 aliphatic rings. The van der Waals surface area contributed by atoms with Crippen LogP contribution in [-0.4, -0.2) is 42.1 Å². The van der Waals surface area contributed by atoms with Gasteiger partial charge in [0.2, 0.25) is 5.91 Å². The number of morpholine rings is 1. The summed E-state index contributed by atoms with van der Waals surface area (Å²) in [6.07, 6.45) is 5.96. The van der Waals surface area contributed by atoms with Crippen molar-refractivity contribution in [1.29, 1.82) is 0 Å². The summed E-state index contributed by atoms with van der Waals surface area (Å²) in [7, 11) is 0. The molecule has 164 valence electrons. The highest BCUT2D eigenvalue weighted by molar-refractivity contribution is 6.00. The lowest BCUT2D eigenvalue weighted by Gasteiger charge is -2.24. The summed E-state index contributed by atoms with van der Waals surface area (Å²) in [6, 6.07) is 9.70. The van der Waals surface area contributed by atoms with Gasteiger partial charge in [0.1, 0.15) is 0 Å². The Morgan fingerprint density at radius 2 is 1.83 bits per heavy atom. The Balaban J connectivity index is 0. The molecule has 5 nitrogen and oxygen atoms in total. The number of benzene rings is 1. The van der Waals surface area contributed by atoms with E-state index in [-0.39, 0.29) is 28.2 Å². The lowest BCUT2D eigenvalue weighted by Crippen LogP contribution is -2.31. The maximum atomic E-state index is 11.4. The molecule has 1 fully saturated rings. The van der Waals surface area contributed by atoms with Crippen molar-refractivity contribution in [2.45, 2.75) is 55.9 Å². The van der Waals surface area contributed by atoms with Crippen LogP contribution in [0.1, 0.15) is 54.7 Å². The van der Waals surface area contributed by atoms with Crippen LogP contribution >= 0.6 is 0 Å². The summed E-state index contributed by atoms with van der Waals surface area (Å²) < 4.78 is 5.20. The molecule has 1 aromatic heterocycles. The summed E-state index contributed by atoms with van der Waals surface area (Å²) >= 11 is 0. The Labute approximate surface area is 178 Å². The number of hydrogen-bond donors (Lipinski definition) is 1. The maximum Gasteiger partial charge on any atom is 0.224 e. The molecule has 0 spiro atoms. The van der Waals surface area contributed by atoms with Crippen molar-refractivity contribution in [2.75, 3.05) is 31.6 Å². The Bertz CT molecular complexity index is 738. The average Bonchev–Trinajstić information content (AvgIpc) is 2.67. The summed E-state index contributed by atoms with van der Waals surface area (Å²) in [5.74, 6) is 0.0238. The molecular weight excluding hydrogens is 362 g/mol. The topological polar surface area (TPSA) is 54.5 Å². The van der Waals surface area contributed by atoms with E-state index < -0.39 is 0 Å². The second-order valence-electron chi connectivity index (χ2n) is 6.17. The van der Waals surface area contributed by atoms with Crippen molar-refractivity contribution in [3.63, 3.8) is 0 Å². The third kappa shape index (κ3) is 9.57. The van der Waals surface area contributed by atoms with Gasteiger partial charge in [0.15, 0.2) is 0 Å². The number of pyridine rings is 1. The molecule has 3 rings (SSSR count). The van der Waals surface area contributed by atoms with E-state index in [0.717, 1.165) is 55.0 Å². The first kappa shape index (κ1) is 28.8. The highest BCUT2D eigenvalue weighted by Gasteiger charge is 2.06. The van der Waals surface area contributed by atoms with E-state index in [9.17, 15) is 4.79 Å². The van der Waals surface area contributed by atoms with Gasteiger partial charge in [-0.25, -0.2) is 0 Å². The fourth-order valence-electron chi connectivity index (χ4n) is 2.63. The van der Waals surface area contributed by atoms with E-state index in [4.69, 9.17) is 4.74 Å². The van der Waals surface area contributed by atoms with Crippen LogP contribution in [0.5, 0.6) is 0 Å². The van der Waals surface area contributed by atoms with Crippen molar-refractivity contribution < 1.29 is 9.53 Å². The average molecular weight is 404 g/mol. The van der Waals surface area contributed by atoms with Crippen molar-refractivity contribution in [3.8, 4) is 0 Å². The zero-order valence-electron chi connectivity index (χ0n) is 16.0. The molecule has 1 aliphatic heterocycles. The fourth-order valence-corrected chi connectivity index (χ4v) is 2.63. The molecule has 0 unspecified atom stereocenters.